The Bertz CT molecular complexity index is 503. The molecule has 1 aromatic carbocycles. The zero-order valence-corrected chi connectivity index (χ0v) is 10.5. The standard InChI is InChI=1S/C12H11F6NO2/c13-9-2-1-7(5-8(9)12(16,17)18)11(21)19(3-4-20)6-10(14)15/h1-2,5,10,20H,3-4,6H2. The average molecular weight is 315 g/mol. The van der Waals surface area contributed by atoms with Crippen molar-refractivity contribution in [1.82, 2.24) is 4.90 Å². The van der Waals surface area contributed by atoms with Crippen molar-refractivity contribution in [3.05, 3.63) is 35.1 Å². The van der Waals surface area contributed by atoms with E-state index in [2.05, 4.69) is 0 Å². The molecule has 0 unspecified atom stereocenters. The fourth-order valence-corrected chi connectivity index (χ4v) is 1.62. The molecule has 0 aliphatic rings. The number of alkyl halides is 5. The Morgan fingerprint density at radius 1 is 1.29 bits per heavy atom. The molecule has 21 heavy (non-hydrogen) atoms. The van der Waals surface area contributed by atoms with Gasteiger partial charge in [-0.2, -0.15) is 13.2 Å². The molecule has 1 amide bonds. The van der Waals surface area contributed by atoms with Crippen LogP contribution < -0.4 is 0 Å². The van der Waals surface area contributed by atoms with Crippen LogP contribution >= 0.6 is 0 Å². The normalized spacial score (nSPS) is 11.8. The second-order valence-corrected chi connectivity index (χ2v) is 4.06. The maximum atomic E-state index is 13.1. The van der Waals surface area contributed by atoms with Gasteiger partial charge in [0.05, 0.1) is 18.7 Å². The molecule has 0 radical (unpaired) electrons. The number of hydrogen-bond donors (Lipinski definition) is 1. The highest BCUT2D eigenvalue weighted by Gasteiger charge is 2.35. The summed E-state index contributed by atoms with van der Waals surface area (Å²) >= 11 is 0. The van der Waals surface area contributed by atoms with Crippen LogP contribution in [0.1, 0.15) is 15.9 Å². The van der Waals surface area contributed by atoms with Crippen molar-refractivity contribution >= 4 is 5.91 Å². The Labute approximate surface area is 115 Å². The summed E-state index contributed by atoms with van der Waals surface area (Å²) < 4.78 is 75.3. The molecular weight excluding hydrogens is 304 g/mol. The molecule has 118 valence electrons. The topological polar surface area (TPSA) is 40.5 Å². The Morgan fingerprint density at radius 2 is 1.90 bits per heavy atom. The molecular formula is C12H11F6NO2. The van der Waals surface area contributed by atoms with Gasteiger partial charge in [0, 0.05) is 12.1 Å². The van der Waals surface area contributed by atoms with Crippen LogP contribution in [0.4, 0.5) is 26.3 Å². The minimum Gasteiger partial charge on any atom is -0.395 e. The SMILES string of the molecule is O=C(c1ccc(F)c(C(F)(F)F)c1)N(CCO)CC(F)F. The zero-order chi connectivity index (χ0) is 16.2. The van der Waals surface area contributed by atoms with Gasteiger partial charge >= 0.3 is 6.18 Å². The molecule has 1 rings (SSSR count). The number of amides is 1. The van der Waals surface area contributed by atoms with E-state index < -0.39 is 55.1 Å². The van der Waals surface area contributed by atoms with Gasteiger partial charge in [0.15, 0.2) is 0 Å². The summed E-state index contributed by atoms with van der Waals surface area (Å²) in [6.45, 7) is -2.15. The van der Waals surface area contributed by atoms with Crippen molar-refractivity contribution in [1.29, 1.82) is 0 Å². The first-order valence-corrected chi connectivity index (χ1v) is 5.72. The first-order chi connectivity index (χ1) is 9.66. The molecule has 9 heteroatoms. The fraction of sp³-hybridized carbons (Fsp3) is 0.417. The molecule has 1 N–H and O–H groups in total. The summed E-state index contributed by atoms with van der Waals surface area (Å²) in [4.78, 5) is 12.4. The van der Waals surface area contributed by atoms with Crippen molar-refractivity contribution in [2.24, 2.45) is 0 Å². The van der Waals surface area contributed by atoms with Crippen molar-refractivity contribution in [2.45, 2.75) is 12.6 Å². The lowest BCUT2D eigenvalue weighted by Gasteiger charge is -2.21. The lowest BCUT2D eigenvalue weighted by atomic mass is 10.1. The molecule has 0 fully saturated rings. The van der Waals surface area contributed by atoms with Gasteiger partial charge in [-0.3, -0.25) is 4.79 Å². The van der Waals surface area contributed by atoms with Gasteiger partial charge in [-0.15, -0.1) is 0 Å². The van der Waals surface area contributed by atoms with Gasteiger partial charge in [0.25, 0.3) is 12.3 Å². The number of benzene rings is 1. The van der Waals surface area contributed by atoms with Crippen LogP contribution in [-0.2, 0) is 6.18 Å². The largest absolute Gasteiger partial charge is 0.419 e. The van der Waals surface area contributed by atoms with Crippen LogP contribution in [0.3, 0.4) is 0 Å². The summed E-state index contributed by atoms with van der Waals surface area (Å²) in [5, 5.41) is 8.69. The third kappa shape index (κ3) is 4.62. The first-order valence-electron chi connectivity index (χ1n) is 5.72. The third-order valence-electron chi connectivity index (χ3n) is 2.53. The highest BCUT2D eigenvalue weighted by molar-refractivity contribution is 5.94. The molecule has 1 aromatic rings. The fourth-order valence-electron chi connectivity index (χ4n) is 1.62. The predicted octanol–water partition coefficient (Wildman–Crippen LogP) is 2.54. The summed E-state index contributed by atoms with van der Waals surface area (Å²) in [5.74, 6) is -2.71. The highest BCUT2D eigenvalue weighted by Crippen LogP contribution is 2.32. The quantitative estimate of drug-likeness (QED) is 0.848. The van der Waals surface area contributed by atoms with E-state index in [4.69, 9.17) is 5.11 Å². The van der Waals surface area contributed by atoms with E-state index in [9.17, 15) is 31.1 Å². The van der Waals surface area contributed by atoms with Gasteiger partial charge in [0.2, 0.25) is 0 Å². The number of rotatable bonds is 5. The molecule has 0 bridgehead atoms. The van der Waals surface area contributed by atoms with Crippen LogP contribution in [-0.4, -0.2) is 42.0 Å². The monoisotopic (exact) mass is 315 g/mol. The molecule has 0 aromatic heterocycles. The number of aliphatic hydroxyl groups excluding tert-OH is 1. The van der Waals surface area contributed by atoms with Gasteiger partial charge in [0.1, 0.15) is 5.82 Å². The molecule has 3 nitrogen and oxygen atoms in total. The second-order valence-electron chi connectivity index (χ2n) is 4.06. The van der Waals surface area contributed by atoms with Crippen LogP contribution in [0, 0.1) is 5.82 Å². The van der Waals surface area contributed by atoms with E-state index >= 15 is 0 Å². The molecule has 0 saturated carbocycles. The third-order valence-corrected chi connectivity index (χ3v) is 2.53. The Balaban J connectivity index is 3.11. The Kier molecular flexibility index (Phi) is 5.59. The van der Waals surface area contributed by atoms with Crippen molar-refractivity contribution in [2.75, 3.05) is 19.7 Å². The predicted molar refractivity (Wildman–Crippen MR) is 60.4 cm³/mol. The number of halogens is 6. The zero-order valence-electron chi connectivity index (χ0n) is 10.5. The van der Waals surface area contributed by atoms with Crippen molar-refractivity contribution in [3.8, 4) is 0 Å². The number of aliphatic hydroxyl groups is 1. The summed E-state index contributed by atoms with van der Waals surface area (Å²) in [5.41, 5.74) is -2.24. The number of hydrogen-bond acceptors (Lipinski definition) is 2. The molecule has 0 aliphatic carbocycles. The molecule has 0 heterocycles. The molecule has 0 spiro atoms. The van der Waals surface area contributed by atoms with Crippen LogP contribution in [0.25, 0.3) is 0 Å². The van der Waals surface area contributed by atoms with E-state index in [0.29, 0.717) is 11.0 Å². The maximum absolute atomic E-state index is 13.1. The first kappa shape index (κ1) is 17.3. The Morgan fingerprint density at radius 3 is 2.38 bits per heavy atom. The summed E-state index contributed by atoms with van der Waals surface area (Å²) in [7, 11) is 0. The van der Waals surface area contributed by atoms with E-state index in [1.54, 1.807) is 0 Å². The van der Waals surface area contributed by atoms with E-state index in [0.717, 1.165) is 6.07 Å². The number of carbonyl (C=O) groups excluding carboxylic acids is 1. The minimum absolute atomic E-state index is 0.257. The molecule has 0 atom stereocenters. The molecule has 0 saturated heterocycles. The van der Waals surface area contributed by atoms with Crippen LogP contribution in [0.15, 0.2) is 18.2 Å². The van der Waals surface area contributed by atoms with Gasteiger partial charge in [-0.25, -0.2) is 13.2 Å². The molecule has 0 aliphatic heterocycles. The highest BCUT2D eigenvalue weighted by atomic mass is 19.4. The van der Waals surface area contributed by atoms with E-state index in [-0.39, 0.29) is 6.07 Å². The minimum atomic E-state index is -5.01. The lowest BCUT2D eigenvalue weighted by Crippen LogP contribution is -2.37. The van der Waals surface area contributed by atoms with Crippen LogP contribution in [0.5, 0.6) is 0 Å². The number of carbonyl (C=O) groups is 1. The number of nitrogens with zero attached hydrogens (tertiary/aromatic N) is 1. The Hall–Kier alpha value is -1.77. The maximum Gasteiger partial charge on any atom is 0.419 e. The second kappa shape index (κ2) is 6.79. The van der Waals surface area contributed by atoms with Gasteiger partial charge in [-0.1, -0.05) is 0 Å². The van der Waals surface area contributed by atoms with Crippen molar-refractivity contribution < 1.29 is 36.2 Å². The lowest BCUT2D eigenvalue weighted by molar-refractivity contribution is -0.140. The van der Waals surface area contributed by atoms with Crippen molar-refractivity contribution in [3.63, 3.8) is 0 Å². The van der Waals surface area contributed by atoms with Gasteiger partial charge in [-0.05, 0) is 18.2 Å². The summed E-state index contributed by atoms with van der Waals surface area (Å²) in [6.07, 6.45) is -7.92. The van der Waals surface area contributed by atoms with E-state index in [1.807, 2.05) is 0 Å². The summed E-state index contributed by atoms with van der Waals surface area (Å²) in [6, 6.07) is 1.46. The van der Waals surface area contributed by atoms with Crippen LogP contribution in [0.2, 0.25) is 0 Å². The van der Waals surface area contributed by atoms with Gasteiger partial charge < -0.3 is 10.0 Å². The smallest absolute Gasteiger partial charge is 0.395 e. The van der Waals surface area contributed by atoms with E-state index in [1.165, 1.54) is 0 Å². The average Bonchev–Trinajstić information content (AvgIpc) is 2.36.